The number of rotatable bonds is 2. The molecule has 1 aromatic carbocycles. The molecule has 0 saturated heterocycles. The molecule has 0 unspecified atom stereocenters. The van der Waals surface area contributed by atoms with E-state index in [0.717, 1.165) is 17.0 Å². The van der Waals surface area contributed by atoms with Gasteiger partial charge in [0.25, 0.3) is 11.8 Å². The number of hydrogen-bond acceptors (Lipinski definition) is 3. The highest BCUT2D eigenvalue weighted by molar-refractivity contribution is 6.21. The zero-order valence-electron chi connectivity index (χ0n) is 9.48. The molecule has 2 amide bonds. The second-order valence-electron chi connectivity index (χ2n) is 4.09. The normalized spacial score (nSPS) is 14.1. The van der Waals surface area contributed by atoms with Crippen LogP contribution in [0.5, 0.6) is 0 Å². The van der Waals surface area contributed by atoms with E-state index in [9.17, 15) is 18.4 Å². The van der Waals surface area contributed by atoms with Crippen molar-refractivity contribution >= 4 is 11.8 Å². The molecule has 5 nitrogen and oxygen atoms in total. The average Bonchev–Trinajstić information content (AvgIpc) is 2.96. The number of benzene rings is 1. The summed E-state index contributed by atoms with van der Waals surface area (Å²) >= 11 is 0. The van der Waals surface area contributed by atoms with E-state index < -0.39 is 23.4 Å². The summed E-state index contributed by atoms with van der Waals surface area (Å²) in [5.41, 5.74) is 0.308. The van der Waals surface area contributed by atoms with Gasteiger partial charge in [0, 0.05) is 6.20 Å². The van der Waals surface area contributed by atoms with Crippen LogP contribution in [0.25, 0.3) is 0 Å². The lowest BCUT2D eigenvalue weighted by Gasteiger charge is -2.11. The quantitative estimate of drug-likeness (QED) is 0.835. The highest BCUT2D eigenvalue weighted by Gasteiger charge is 2.36. The Hall–Kier alpha value is -2.57. The van der Waals surface area contributed by atoms with Gasteiger partial charge < -0.3 is 4.98 Å². The number of aromatic amines is 1. The Balaban J connectivity index is 2.00. The summed E-state index contributed by atoms with van der Waals surface area (Å²) in [6.45, 7) is -0.0183. The third-order valence-electron chi connectivity index (χ3n) is 2.89. The maximum absolute atomic E-state index is 13.1. The van der Waals surface area contributed by atoms with Crippen LogP contribution in [0, 0.1) is 11.6 Å². The molecular formula is C12H7F2N3O2. The van der Waals surface area contributed by atoms with Crippen LogP contribution in [-0.4, -0.2) is 26.7 Å². The molecule has 0 bridgehead atoms. The predicted octanol–water partition coefficient (Wildman–Crippen LogP) is 1.48. The van der Waals surface area contributed by atoms with Crippen LogP contribution in [-0.2, 0) is 6.54 Å². The molecule has 7 heteroatoms. The van der Waals surface area contributed by atoms with Crippen molar-refractivity contribution < 1.29 is 18.4 Å². The van der Waals surface area contributed by atoms with Gasteiger partial charge >= 0.3 is 0 Å². The van der Waals surface area contributed by atoms with Crippen molar-refractivity contribution in [3.05, 3.63) is 53.1 Å². The lowest BCUT2D eigenvalue weighted by Crippen LogP contribution is -2.29. The monoisotopic (exact) mass is 263 g/mol. The molecule has 96 valence electrons. The van der Waals surface area contributed by atoms with Crippen molar-refractivity contribution in [1.82, 2.24) is 14.9 Å². The SMILES string of the molecule is O=C1c2cc(F)c(F)cc2C(=O)N1Cc1cnc[nH]1. The third-order valence-corrected chi connectivity index (χ3v) is 2.89. The number of nitrogens with zero attached hydrogens (tertiary/aromatic N) is 2. The van der Waals surface area contributed by atoms with Crippen molar-refractivity contribution in [3.63, 3.8) is 0 Å². The van der Waals surface area contributed by atoms with Crippen LogP contribution in [0.15, 0.2) is 24.7 Å². The zero-order chi connectivity index (χ0) is 13.6. The molecule has 3 rings (SSSR count). The van der Waals surface area contributed by atoms with E-state index in [1.165, 1.54) is 12.5 Å². The van der Waals surface area contributed by atoms with Gasteiger partial charge in [-0.25, -0.2) is 13.8 Å². The molecular weight excluding hydrogens is 256 g/mol. The van der Waals surface area contributed by atoms with Gasteiger partial charge in [-0.1, -0.05) is 0 Å². The highest BCUT2D eigenvalue weighted by Crippen LogP contribution is 2.26. The number of imidazole rings is 1. The minimum Gasteiger partial charge on any atom is -0.347 e. The molecule has 1 aliphatic heterocycles. The molecule has 1 N–H and O–H groups in total. The first-order chi connectivity index (χ1) is 9.08. The minimum absolute atomic E-state index is 0.0183. The van der Waals surface area contributed by atoms with Crippen LogP contribution in [0.3, 0.4) is 0 Å². The first-order valence-corrected chi connectivity index (χ1v) is 5.40. The Morgan fingerprint density at radius 3 is 2.16 bits per heavy atom. The smallest absolute Gasteiger partial charge is 0.262 e. The van der Waals surface area contributed by atoms with E-state index in [1.54, 1.807) is 0 Å². The van der Waals surface area contributed by atoms with Crippen molar-refractivity contribution in [2.45, 2.75) is 6.54 Å². The lowest BCUT2D eigenvalue weighted by molar-refractivity contribution is 0.0640. The van der Waals surface area contributed by atoms with Crippen molar-refractivity contribution in [2.24, 2.45) is 0 Å². The molecule has 0 aliphatic carbocycles. The Labute approximate surface area is 105 Å². The first kappa shape index (κ1) is 11.5. The number of amides is 2. The second-order valence-corrected chi connectivity index (χ2v) is 4.09. The molecule has 19 heavy (non-hydrogen) atoms. The molecule has 0 saturated carbocycles. The van der Waals surface area contributed by atoms with Crippen molar-refractivity contribution in [2.75, 3.05) is 0 Å². The summed E-state index contributed by atoms with van der Waals surface area (Å²) in [6, 6.07) is 1.50. The number of fused-ring (bicyclic) bond motifs is 1. The standard InChI is InChI=1S/C12H7F2N3O2/c13-9-1-7-8(2-10(9)14)12(19)17(11(7)18)4-6-3-15-5-16-6/h1-3,5H,4H2,(H,15,16). The summed E-state index contributed by atoms with van der Waals surface area (Å²) in [5, 5.41) is 0. The fourth-order valence-corrected chi connectivity index (χ4v) is 1.97. The topological polar surface area (TPSA) is 66.1 Å². The summed E-state index contributed by atoms with van der Waals surface area (Å²) in [6.07, 6.45) is 2.87. The average molecular weight is 263 g/mol. The number of carbonyl (C=O) groups excluding carboxylic acids is 2. The Morgan fingerprint density at radius 1 is 1.11 bits per heavy atom. The minimum atomic E-state index is -1.15. The largest absolute Gasteiger partial charge is 0.347 e. The van der Waals surface area contributed by atoms with E-state index in [1.807, 2.05) is 0 Å². The van der Waals surface area contributed by atoms with E-state index in [0.29, 0.717) is 5.69 Å². The van der Waals surface area contributed by atoms with Crippen LogP contribution in [0.4, 0.5) is 8.78 Å². The van der Waals surface area contributed by atoms with Gasteiger partial charge in [0.05, 0.1) is 29.7 Å². The van der Waals surface area contributed by atoms with Gasteiger partial charge in [-0.3, -0.25) is 14.5 Å². The fraction of sp³-hybridized carbons (Fsp3) is 0.0833. The van der Waals surface area contributed by atoms with E-state index in [2.05, 4.69) is 9.97 Å². The van der Waals surface area contributed by atoms with Crippen LogP contribution >= 0.6 is 0 Å². The number of nitrogens with one attached hydrogen (secondary N) is 1. The maximum Gasteiger partial charge on any atom is 0.262 e. The number of halogens is 2. The zero-order valence-corrected chi connectivity index (χ0v) is 9.48. The Morgan fingerprint density at radius 2 is 1.68 bits per heavy atom. The van der Waals surface area contributed by atoms with E-state index in [4.69, 9.17) is 0 Å². The van der Waals surface area contributed by atoms with Gasteiger partial charge in [0.2, 0.25) is 0 Å². The first-order valence-electron chi connectivity index (χ1n) is 5.40. The summed E-state index contributed by atoms with van der Waals surface area (Å²) < 4.78 is 26.2. The summed E-state index contributed by atoms with van der Waals surface area (Å²) in [7, 11) is 0. The Bertz CT molecular complexity index is 642. The number of hydrogen-bond donors (Lipinski definition) is 1. The Kier molecular flexibility index (Phi) is 2.41. The van der Waals surface area contributed by atoms with Gasteiger partial charge in [0.15, 0.2) is 11.6 Å². The van der Waals surface area contributed by atoms with Gasteiger partial charge in [-0.2, -0.15) is 0 Å². The molecule has 0 radical (unpaired) electrons. The number of carbonyl (C=O) groups is 2. The third kappa shape index (κ3) is 1.70. The van der Waals surface area contributed by atoms with Gasteiger partial charge in [-0.05, 0) is 12.1 Å². The predicted molar refractivity (Wildman–Crippen MR) is 59.1 cm³/mol. The second kappa shape index (κ2) is 3.98. The summed E-state index contributed by atoms with van der Waals surface area (Å²) in [4.78, 5) is 31.4. The molecule has 1 aromatic heterocycles. The van der Waals surface area contributed by atoms with Crippen LogP contribution in [0.2, 0.25) is 0 Å². The molecule has 2 aromatic rings. The van der Waals surface area contributed by atoms with Crippen molar-refractivity contribution in [3.8, 4) is 0 Å². The highest BCUT2D eigenvalue weighted by atomic mass is 19.2. The fourth-order valence-electron chi connectivity index (χ4n) is 1.97. The summed E-state index contributed by atoms with van der Waals surface area (Å²) in [5.74, 6) is -3.59. The van der Waals surface area contributed by atoms with Crippen molar-refractivity contribution in [1.29, 1.82) is 0 Å². The molecule has 0 atom stereocenters. The van der Waals surface area contributed by atoms with Crippen LogP contribution in [0.1, 0.15) is 26.4 Å². The number of imide groups is 1. The van der Waals surface area contributed by atoms with Gasteiger partial charge in [0.1, 0.15) is 0 Å². The molecule has 1 aliphatic rings. The van der Waals surface area contributed by atoms with E-state index >= 15 is 0 Å². The lowest BCUT2D eigenvalue weighted by atomic mass is 10.1. The number of aromatic nitrogens is 2. The molecule has 0 spiro atoms. The van der Waals surface area contributed by atoms with Gasteiger partial charge in [-0.15, -0.1) is 0 Å². The van der Waals surface area contributed by atoms with E-state index in [-0.39, 0.29) is 17.7 Å². The van der Waals surface area contributed by atoms with Crippen LogP contribution < -0.4 is 0 Å². The molecule has 2 heterocycles. The maximum atomic E-state index is 13.1. The molecule has 0 fully saturated rings. The number of H-pyrrole nitrogens is 1.